The van der Waals surface area contributed by atoms with E-state index in [1.54, 1.807) is 37.4 Å². The number of aromatic nitrogens is 2. The van der Waals surface area contributed by atoms with Gasteiger partial charge in [0, 0.05) is 17.4 Å². The summed E-state index contributed by atoms with van der Waals surface area (Å²) in [5.41, 5.74) is 6.49. The molecule has 8 nitrogen and oxygen atoms in total. The molecule has 0 unspecified atom stereocenters. The largest absolute Gasteiger partial charge is 0.324 e. The third-order valence-electron chi connectivity index (χ3n) is 5.15. The topological polar surface area (TPSA) is 108 Å². The molecule has 0 atom stereocenters. The fraction of sp³-hybridized carbons (Fsp3) is 0.0800. The second-order valence-electron chi connectivity index (χ2n) is 7.49. The summed E-state index contributed by atoms with van der Waals surface area (Å²) >= 11 is 0. The molecule has 10 heteroatoms. The summed E-state index contributed by atoms with van der Waals surface area (Å²) < 4.78 is 39.6. The Morgan fingerprint density at radius 2 is 1.63 bits per heavy atom. The van der Waals surface area contributed by atoms with Crippen LogP contribution in [0.2, 0.25) is 0 Å². The van der Waals surface area contributed by atoms with Gasteiger partial charge in [0.05, 0.1) is 10.6 Å². The first-order valence-corrected chi connectivity index (χ1v) is 12.1. The number of anilines is 3. The predicted octanol–water partition coefficient (Wildman–Crippen LogP) is 4.77. The van der Waals surface area contributed by atoms with E-state index in [4.69, 9.17) is 0 Å². The van der Waals surface area contributed by atoms with Crippen molar-refractivity contribution in [3.8, 4) is 11.1 Å². The highest BCUT2D eigenvalue weighted by atomic mass is 32.2. The average molecular weight is 491 g/mol. The van der Waals surface area contributed by atoms with Crippen molar-refractivity contribution in [3.05, 3.63) is 96.4 Å². The van der Waals surface area contributed by atoms with Crippen molar-refractivity contribution in [3.63, 3.8) is 0 Å². The highest BCUT2D eigenvalue weighted by molar-refractivity contribution is 7.89. The first-order chi connectivity index (χ1) is 16.9. The van der Waals surface area contributed by atoms with Crippen LogP contribution in [0, 0.1) is 5.82 Å². The number of nitrogens with one attached hydrogen (secondary N) is 3. The van der Waals surface area contributed by atoms with Crippen LogP contribution in [0.4, 0.5) is 21.8 Å². The number of sulfonamides is 1. The summed E-state index contributed by atoms with van der Waals surface area (Å²) in [4.78, 5) is 9.12. The fourth-order valence-corrected chi connectivity index (χ4v) is 3.94. The number of halogens is 1. The molecule has 4 aromatic rings. The third-order valence-corrected chi connectivity index (χ3v) is 6.58. The molecule has 35 heavy (non-hydrogen) atoms. The first-order valence-electron chi connectivity index (χ1n) is 10.6. The number of benzene rings is 3. The summed E-state index contributed by atoms with van der Waals surface area (Å²) in [6.45, 7) is 1.79. The lowest BCUT2D eigenvalue weighted by molar-refractivity contribution is 0.588. The maximum atomic E-state index is 13.5. The molecule has 0 saturated carbocycles. The van der Waals surface area contributed by atoms with E-state index in [-0.39, 0.29) is 10.7 Å². The van der Waals surface area contributed by atoms with Gasteiger partial charge in [0.25, 0.3) is 0 Å². The quantitative estimate of drug-likeness (QED) is 0.243. The molecule has 0 spiro atoms. The minimum absolute atomic E-state index is 0.163. The maximum absolute atomic E-state index is 13.5. The normalized spacial score (nSPS) is 11.8. The lowest BCUT2D eigenvalue weighted by Gasteiger charge is -2.12. The standard InChI is InChI=1S/C25H23FN6O2S/c1-17(18-10-14-22(15-11-18)35(33,34)27-2)31-32-24-23(19-8-12-20(26)13-9-19)16-28-25(30-24)29-21-6-4-3-5-7-21/h3-16,27H,1-2H3,(H2,28,29,30,32). The lowest BCUT2D eigenvalue weighted by atomic mass is 10.1. The van der Waals surface area contributed by atoms with Crippen molar-refractivity contribution in [1.29, 1.82) is 0 Å². The van der Waals surface area contributed by atoms with E-state index in [1.807, 2.05) is 30.3 Å². The monoisotopic (exact) mass is 490 g/mol. The van der Waals surface area contributed by atoms with E-state index >= 15 is 0 Å². The second kappa shape index (κ2) is 10.4. The Morgan fingerprint density at radius 3 is 2.29 bits per heavy atom. The van der Waals surface area contributed by atoms with Gasteiger partial charge in [0.1, 0.15) is 5.82 Å². The van der Waals surface area contributed by atoms with E-state index in [0.717, 1.165) is 16.8 Å². The van der Waals surface area contributed by atoms with Crippen molar-refractivity contribution >= 4 is 33.2 Å². The van der Waals surface area contributed by atoms with Crippen molar-refractivity contribution in [2.75, 3.05) is 17.8 Å². The summed E-state index contributed by atoms with van der Waals surface area (Å²) in [5, 5.41) is 7.58. The van der Waals surface area contributed by atoms with Gasteiger partial charge in [-0.1, -0.05) is 42.5 Å². The SMILES string of the molecule is CNS(=O)(=O)c1ccc(C(C)=NNc2nc(Nc3ccccc3)ncc2-c2ccc(F)cc2)cc1. The predicted molar refractivity (Wildman–Crippen MR) is 136 cm³/mol. The number of hydrogen-bond acceptors (Lipinski definition) is 7. The second-order valence-corrected chi connectivity index (χ2v) is 9.38. The van der Waals surface area contributed by atoms with Crippen molar-refractivity contribution in [2.24, 2.45) is 5.10 Å². The van der Waals surface area contributed by atoms with Crippen LogP contribution < -0.4 is 15.5 Å². The van der Waals surface area contributed by atoms with Gasteiger partial charge in [-0.25, -0.2) is 22.5 Å². The zero-order valence-electron chi connectivity index (χ0n) is 19.0. The third kappa shape index (κ3) is 5.86. The molecule has 0 aliphatic carbocycles. The molecular weight excluding hydrogens is 467 g/mol. The van der Waals surface area contributed by atoms with Gasteiger partial charge >= 0.3 is 0 Å². The van der Waals surface area contributed by atoms with Crippen molar-refractivity contribution < 1.29 is 12.8 Å². The molecule has 0 aliphatic rings. The lowest BCUT2D eigenvalue weighted by Crippen LogP contribution is -2.18. The van der Waals surface area contributed by atoms with Crippen LogP contribution in [-0.2, 0) is 10.0 Å². The molecule has 0 radical (unpaired) electrons. The van der Waals surface area contributed by atoms with Crippen LogP contribution >= 0.6 is 0 Å². The van der Waals surface area contributed by atoms with Crippen LogP contribution in [0.15, 0.2) is 95.1 Å². The van der Waals surface area contributed by atoms with Gasteiger partial charge in [-0.15, -0.1) is 0 Å². The summed E-state index contributed by atoms with van der Waals surface area (Å²) in [5.74, 6) is 0.432. The average Bonchev–Trinajstić information content (AvgIpc) is 2.88. The van der Waals surface area contributed by atoms with Crippen molar-refractivity contribution in [1.82, 2.24) is 14.7 Å². The highest BCUT2D eigenvalue weighted by Crippen LogP contribution is 2.28. The Hall–Kier alpha value is -4.15. The molecule has 1 aromatic heterocycles. The number of hydrogen-bond donors (Lipinski definition) is 3. The van der Waals surface area contributed by atoms with E-state index in [1.165, 1.54) is 31.3 Å². The number of rotatable bonds is 8. The zero-order chi connectivity index (χ0) is 24.8. The van der Waals surface area contributed by atoms with E-state index in [9.17, 15) is 12.8 Å². The van der Waals surface area contributed by atoms with Gasteiger partial charge in [-0.3, -0.25) is 5.43 Å². The molecule has 3 N–H and O–H groups in total. The van der Waals surface area contributed by atoms with E-state index in [0.29, 0.717) is 23.0 Å². The Labute approximate surface area is 203 Å². The van der Waals surface area contributed by atoms with Gasteiger partial charge in [0.15, 0.2) is 5.82 Å². The van der Waals surface area contributed by atoms with Crippen LogP contribution in [0.5, 0.6) is 0 Å². The Kier molecular flexibility index (Phi) is 7.14. The highest BCUT2D eigenvalue weighted by Gasteiger charge is 2.12. The molecule has 0 bridgehead atoms. The Balaban J connectivity index is 1.64. The molecular formula is C25H23FN6O2S. The summed E-state index contributed by atoms with van der Waals surface area (Å²) in [6, 6.07) is 21.9. The molecule has 1 heterocycles. The minimum Gasteiger partial charge on any atom is -0.324 e. The molecule has 4 rings (SSSR count). The molecule has 0 fully saturated rings. The van der Waals surface area contributed by atoms with Gasteiger partial charge < -0.3 is 5.32 Å². The Bertz CT molecular complexity index is 1440. The van der Waals surface area contributed by atoms with E-state index < -0.39 is 10.0 Å². The van der Waals surface area contributed by atoms with E-state index in [2.05, 4.69) is 30.5 Å². The number of para-hydroxylation sites is 1. The molecule has 0 amide bonds. The smallest absolute Gasteiger partial charge is 0.240 e. The summed E-state index contributed by atoms with van der Waals surface area (Å²) in [6.07, 6.45) is 1.64. The van der Waals surface area contributed by atoms with Crippen LogP contribution in [-0.4, -0.2) is 31.1 Å². The molecule has 0 aliphatic heterocycles. The van der Waals surface area contributed by atoms with Crippen molar-refractivity contribution in [2.45, 2.75) is 11.8 Å². The van der Waals surface area contributed by atoms with Gasteiger partial charge in [-0.05, 0) is 61.5 Å². The molecule has 0 saturated heterocycles. The maximum Gasteiger partial charge on any atom is 0.240 e. The fourth-order valence-electron chi connectivity index (χ4n) is 3.21. The Morgan fingerprint density at radius 1 is 0.943 bits per heavy atom. The molecule has 3 aromatic carbocycles. The minimum atomic E-state index is -3.52. The van der Waals surface area contributed by atoms with Gasteiger partial charge in [0.2, 0.25) is 16.0 Å². The van der Waals surface area contributed by atoms with Crippen LogP contribution in [0.3, 0.4) is 0 Å². The zero-order valence-corrected chi connectivity index (χ0v) is 19.8. The van der Waals surface area contributed by atoms with Gasteiger partial charge in [-0.2, -0.15) is 10.1 Å². The van der Waals surface area contributed by atoms with Crippen LogP contribution in [0.25, 0.3) is 11.1 Å². The number of hydrazone groups is 1. The number of nitrogens with zero attached hydrogens (tertiary/aromatic N) is 3. The first kappa shape index (κ1) is 24.0. The summed E-state index contributed by atoms with van der Waals surface area (Å²) in [7, 11) is -2.16. The van der Waals surface area contributed by atoms with Crippen LogP contribution in [0.1, 0.15) is 12.5 Å². The molecule has 178 valence electrons.